The zero-order valence-corrected chi connectivity index (χ0v) is 6.85. The molecule has 70 valence electrons. The first-order valence-corrected chi connectivity index (χ1v) is 3.51. The number of carbonyl (C=O) groups excluding carboxylic acids is 1. The second-order valence-electron chi connectivity index (χ2n) is 2.91. The lowest BCUT2D eigenvalue weighted by Gasteiger charge is -2.15. The van der Waals surface area contributed by atoms with Gasteiger partial charge in [0.25, 0.3) is 0 Å². The number of nitrogens with zero attached hydrogens (tertiary/aromatic N) is 1. The Bertz CT molecular complexity index is 182. The summed E-state index contributed by atoms with van der Waals surface area (Å²) in [6, 6.07) is -1.89. The van der Waals surface area contributed by atoms with Crippen molar-refractivity contribution < 1.29 is 18.0 Å². The van der Waals surface area contributed by atoms with Crippen molar-refractivity contribution in [3.63, 3.8) is 0 Å². The van der Waals surface area contributed by atoms with Gasteiger partial charge in [-0.1, -0.05) is 13.8 Å². The Morgan fingerprint density at radius 2 is 1.92 bits per heavy atom. The molecule has 0 aromatic carbocycles. The molecular weight excluding hydrogens is 171 g/mol. The maximum atomic E-state index is 12.0. The quantitative estimate of drug-likeness (QED) is 0.485. The molecule has 0 unspecified atom stereocenters. The Balaban J connectivity index is 4.34. The normalized spacial score (nSPS) is 14.2. The molecule has 0 aromatic rings. The number of hydrogen-bond acceptors (Lipinski definition) is 2. The predicted octanol–water partition coefficient (Wildman–Crippen LogP) is 2.30. The summed E-state index contributed by atoms with van der Waals surface area (Å²) in [7, 11) is 0. The van der Waals surface area contributed by atoms with Crippen molar-refractivity contribution >= 4 is 6.08 Å². The summed E-state index contributed by atoms with van der Waals surface area (Å²) in [5, 5.41) is 0. The smallest absolute Gasteiger partial charge is 0.211 e. The van der Waals surface area contributed by atoms with Crippen molar-refractivity contribution in [3.05, 3.63) is 0 Å². The van der Waals surface area contributed by atoms with Crippen LogP contribution in [0.15, 0.2) is 4.99 Å². The van der Waals surface area contributed by atoms with Gasteiger partial charge in [0.1, 0.15) is 0 Å². The van der Waals surface area contributed by atoms with E-state index >= 15 is 0 Å². The molecule has 0 bridgehead atoms. The van der Waals surface area contributed by atoms with Crippen LogP contribution in [0.1, 0.15) is 20.3 Å². The molecule has 1 atom stereocenters. The van der Waals surface area contributed by atoms with Crippen LogP contribution in [0.25, 0.3) is 0 Å². The molecule has 0 spiro atoms. The molecule has 0 aliphatic carbocycles. The van der Waals surface area contributed by atoms with Crippen LogP contribution in [0, 0.1) is 5.92 Å². The minimum Gasteiger partial charge on any atom is -0.211 e. The summed E-state index contributed by atoms with van der Waals surface area (Å²) < 4.78 is 36.0. The summed E-state index contributed by atoms with van der Waals surface area (Å²) >= 11 is 0. The fraction of sp³-hybridized carbons (Fsp3) is 0.857. The molecule has 0 N–H and O–H groups in total. The van der Waals surface area contributed by atoms with E-state index in [4.69, 9.17) is 0 Å². The fourth-order valence-corrected chi connectivity index (χ4v) is 0.770. The van der Waals surface area contributed by atoms with Crippen LogP contribution in [0.2, 0.25) is 0 Å². The number of rotatable bonds is 3. The first-order valence-electron chi connectivity index (χ1n) is 3.51. The molecule has 0 radical (unpaired) electrons. The van der Waals surface area contributed by atoms with Gasteiger partial charge in [-0.25, -0.2) is 4.79 Å². The van der Waals surface area contributed by atoms with E-state index in [2.05, 4.69) is 4.99 Å². The highest BCUT2D eigenvalue weighted by atomic mass is 19.4. The third-order valence-electron chi connectivity index (χ3n) is 1.28. The van der Waals surface area contributed by atoms with Crippen LogP contribution in [0.5, 0.6) is 0 Å². The van der Waals surface area contributed by atoms with Gasteiger partial charge in [0.15, 0.2) is 6.04 Å². The highest BCUT2D eigenvalue weighted by molar-refractivity contribution is 5.33. The van der Waals surface area contributed by atoms with Crippen LogP contribution in [0.4, 0.5) is 13.2 Å². The Hall–Kier alpha value is -0.830. The van der Waals surface area contributed by atoms with Crippen LogP contribution in [-0.2, 0) is 4.79 Å². The molecule has 0 aliphatic heterocycles. The molecule has 0 saturated heterocycles. The number of hydrogen-bond donors (Lipinski definition) is 0. The first-order chi connectivity index (χ1) is 5.38. The number of alkyl halides is 3. The third kappa shape index (κ3) is 4.13. The average Bonchev–Trinajstić information content (AvgIpc) is 1.83. The van der Waals surface area contributed by atoms with E-state index in [1.807, 2.05) is 0 Å². The van der Waals surface area contributed by atoms with Gasteiger partial charge in [-0.2, -0.15) is 18.2 Å². The monoisotopic (exact) mass is 181 g/mol. The number of isocyanates is 1. The SMILES string of the molecule is CC(C)C[C@@H](N=C=O)C(F)(F)F. The largest absolute Gasteiger partial charge is 0.411 e. The Morgan fingerprint density at radius 1 is 1.42 bits per heavy atom. The van der Waals surface area contributed by atoms with Gasteiger partial charge in [0, 0.05) is 0 Å². The summed E-state index contributed by atoms with van der Waals surface area (Å²) in [6.45, 7) is 3.28. The standard InChI is InChI=1S/C7H10F3NO/c1-5(2)3-6(11-4-12)7(8,9)10/h5-6H,3H2,1-2H3/t6-/m1/s1. The van der Waals surface area contributed by atoms with Crippen LogP contribution in [0.3, 0.4) is 0 Å². The fourth-order valence-electron chi connectivity index (χ4n) is 0.770. The van der Waals surface area contributed by atoms with Gasteiger partial charge < -0.3 is 0 Å². The van der Waals surface area contributed by atoms with Crippen molar-refractivity contribution in [2.45, 2.75) is 32.5 Å². The summed E-state index contributed by atoms with van der Waals surface area (Å²) in [5.41, 5.74) is 0. The number of halogens is 3. The van der Waals surface area contributed by atoms with Crippen molar-refractivity contribution in [1.29, 1.82) is 0 Å². The lowest BCUT2D eigenvalue weighted by molar-refractivity contribution is -0.149. The highest BCUT2D eigenvalue weighted by Gasteiger charge is 2.39. The van der Waals surface area contributed by atoms with E-state index in [9.17, 15) is 18.0 Å². The van der Waals surface area contributed by atoms with Crippen LogP contribution < -0.4 is 0 Å². The van der Waals surface area contributed by atoms with E-state index in [0.717, 1.165) is 6.08 Å². The van der Waals surface area contributed by atoms with Crippen LogP contribution >= 0.6 is 0 Å². The van der Waals surface area contributed by atoms with Gasteiger partial charge in [-0.05, 0) is 12.3 Å². The van der Waals surface area contributed by atoms with E-state index < -0.39 is 12.2 Å². The summed E-state index contributed by atoms with van der Waals surface area (Å²) in [4.78, 5) is 12.4. The Morgan fingerprint density at radius 3 is 2.17 bits per heavy atom. The van der Waals surface area contributed by atoms with Crippen molar-refractivity contribution in [2.75, 3.05) is 0 Å². The predicted molar refractivity (Wildman–Crippen MR) is 37.4 cm³/mol. The topological polar surface area (TPSA) is 29.4 Å². The Kier molecular flexibility index (Phi) is 3.96. The zero-order valence-electron chi connectivity index (χ0n) is 6.85. The molecule has 0 heterocycles. The second-order valence-corrected chi connectivity index (χ2v) is 2.91. The molecule has 0 aromatic heterocycles. The maximum Gasteiger partial charge on any atom is 0.411 e. The van der Waals surface area contributed by atoms with Gasteiger partial charge in [-0.3, -0.25) is 0 Å². The first kappa shape index (κ1) is 11.2. The van der Waals surface area contributed by atoms with E-state index in [-0.39, 0.29) is 12.3 Å². The Labute approximate surface area is 68.5 Å². The molecule has 2 nitrogen and oxygen atoms in total. The lowest BCUT2D eigenvalue weighted by Crippen LogP contribution is -2.28. The molecular formula is C7H10F3NO. The zero-order chi connectivity index (χ0) is 9.78. The van der Waals surface area contributed by atoms with Gasteiger partial charge in [0.2, 0.25) is 6.08 Å². The third-order valence-corrected chi connectivity index (χ3v) is 1.28. The van der Waals surface area contributed by atoms with E-state index in [1.54, 1.807) is 13.8 Å². The highest BCUT2D eigenvalue weighted by Crippen LogP contribution is 2.27. The minimum atomic E-state index is -4.43. The van der Waals surface area contributed by atoms with Gasteiger partial charge in [0.05, 0.1) is 0 Å². The number of aliphatic imine (C=N–C) groups is 1. The van der Waals surface area contributed by atoms with Gasteiger partial charge >= 0.3 is 6.18 Å². The lowest BCUT2D eigenvalue weighted by atomic mass is 10.0. The molecule has 0 rings (SSSR count). The van der Waals surface area contributed by atoms with Crippen molar-refractivity contribution in [2.24, 2.45) is 10.9 Å². The average molecular weight is 181 g/mol. The van der Waals surface area contributed by atoms with Crippen molar-refractivity contribution in [3.8, 4) is 0 Å². The van der Waals surface area contributed by atoms with Crippen LogP contribution in [-0.4, -0.2) is 18.3 Å². The molecule has 5 heteroatoms. The molecule has 0 amide bonds. The molecule has 0 fully saturated rings. The van der Waals surface area contributed by atoms with E-state index in [0.29, 0.717) is 0 Å². The van der Waals surface area contributed by atoms with Crippen molar-refractivity contribution in [1.82, 2.24) is 0 Å². The molecule has 0 saturated carbocycles. The maximum absolute atomic E-state index is 12.0. The summed E-state index contributed by atoms with van der Waals surface area (Å²) in [6.07, 6.45) is -3.66. The van der Waals surface area contributed by atoms with Gasteiger partial charge in [-0.15, -0.1) is 0 Å². The molecule has 12 heavy (non-hydrogen) atoms. The second kappa shape index (κ2) is 4.26. The minimum absolute atomic E-state index is 0.145. The molecule has 0 aliphatic rings. The summed E-state index contributed by atoms with van der Waals surface area (Å²) in [5.74, 6) is -0.145. The van der Waals surface area contributed by atoms with E-state index in [1.165, 1.54) is 0 Å².